The molecule has 0 saturated heterocycles. The van der Waals surface area contributed by atoms with E-state index in [2.05, 4.69) is 0 Å². The van der Waals surface area contributed by atoms with E-state index in [0.717, 1.165) is 0 Å². The van der Waals surface area contributed by atoms with Gasteiger partial charge in [-0.05, 0) is 31.2 Å². The van der Waals surface area contributed by atoms with E-state index in [1.807, 2.05) is 6.92 Å². The lowest BCUT2D eigenvalue weighted by molar-refractivity contribution is 0.168. The standard InChI is InChI=1S/C10H13FO2/c1-8(6-7-12)13-10-4-2-9(11)3-5-10/h2-5,8,12H,6-7H2,1H3. The van der Waals surface area contributed by atoms with E-state index in [9.17, 15) is 4.39 Å². The van der Waals surface area contributed by atoms with Gasteiger partial charge in [0.1, 0.15) is 11.6 Å². The zero-order valence-corrected chi connectivity index (χ0v) is 7.53. The second-order valence-corrected chi connectivity index (χ2v) is 2.89. The summed E-state index contributed by atoms with van der Waals surface area (Å²) < 4.78 is 17.9. The summed E-state index contributed by atoms with van der Waals surface area (Å²) in [4.78, 5) is 0. The maximum Gasteiger partial charge on any atom is 0.123 e. The van der Waals surface area contributed by atoms with Gasteiger partial charge in [-0.2, -0.15) is 0 Å². The molecule has 3 heteroatoms. The van der Waals surface area contributed by atoms with Crippen molar-refractivity contribution in [3.05, 3.63) is 30.1 Å². The highest BCUT2D eigenvalue weighted by molar-refractivity contribution is 5.22. The van der Waals surface area contributed by atoms with Gasteiger partial charge in [-0.3, -0.25) is 0 Å². The van der Waals surface area contributed by atoms with Crippen LogP contribution in [0.3, 0.4) is 0 Å². The van der Waals surface area contributed by atoms with Crippen LogP contribution >= 0.6 is 0 Å². The van der Waals surface area contributed by atoms with Gasteiger partial charge in [0.15, 0.2) is 0 Å². The second-order valence-electron chi connectivity index (χ2n) is 2.89. The van der Waals surface area contributed by atoms with Gasteiger partial charge in [0.05, 0.1) is 6.10 Å². The van der Waals surface area contributed by atoms with Crippen molar-refractivity contribution in [3.63, 3.8) is 0 Å². The first-order chi connectivity index (χ1) is 6.22. The number of benzene rings is 1. The van der Waals surface area contributed by atoms with Gasteiger partial charge in [-0.15, -0.1) is 0 Å². The zero-order chi connectivity index (χ0) is 9.68. The van der Waals surface area contributed by atoms with E-state index < -0.39 is 0 Å². The summed E-state index contributed by atoms with van der Waals surface area (Å²) >= 11 is 0. The molecule has 1 rings (SSSR count). The summed E-state index contributed by atoms with van der Waals surface area (Å²) in [6, 6.07) is 5.84. The molecule has 0 aliphatic carbocycles. The van der Waals surface area contributed by atoms with Gasteiger partial charge in [0.2, 0.25) is 0 Å². The Balaban J connectivity index is 2.49. The summed E-state index contributed by atoms with van der Waals surface area (Å²) in [5.41, 5.74) is 0. The molecule has 1 unspecified atom stereocenters. The van der Waals surface area contributed by atoms with Gasteiger partial charge in [-0.25, -0.2) is 4.39 Å². The molecule has 1 aromatic carbocycles. The van der Waals surface area contributed by atoms with Gasteiger partial charge in [0.25, 0.3) is 0 Å². The van der Waals surface area contributed by atoms with Crippen molar-refractivity contribution in [2.45, 2.75) is 19.4 Å². The van der Waals surface area contributed by atoms with Gasteiger partial charge in [0, 0.05) is 13.0 Å². The molecule has 0 aromatic heterocycles. The molecule has 72 valence electrons. The molecule has 0 aliphatic heterocycles. The van der Waals surface area contributed by atoms with E-state index >= 15 is 0 Å². The fraction of sp³-hybridized carbons (Fsp3) is 0.400. The topological polar surface area (TPSA) is 29.5 Å². The minimum absolute atomic E-state index is 0.0459. The van der Waals surface area contributed by atoms with Gasteiger partial charge in [-0.1, -0.05) is 0 Å². The lowest BCUT2D eigenvalue weighted by Gasteiger charge is -2.12. The highest BCUT2D eigenvalue weighted by atomic mass is 19.1. The Morgan fingerprint density at radius 2 is 2.00 bits per heavy atom. The summed E-state index contributed by atoms with van der Waals surface area (Å²) in [7, 11) is 0. The van der Waals surface area contributed by atoms with Crippen LogP contribution in [-0.2, 0) is 0 Å². The van der Waals surface area contributed by atoms with Crippen LogP contribution in [0.15, 0.2) is 24.3 Å². The molecule has 0 fully saturated rings. The molecule has 0 bridgehead atoms. The van der Waals surface area contributed by atoms with Crippen LogP contribution in [-0.4, -0.2) is 17.8 Å². The monoisotopic (exact) mass is 184 g/mol. The van der Waals surface area contributed by atoms with E-state index in [1.165, 1.54) is 12.1 Å². The number of rotatable bonds is 4. The number of aliphatic hydroxyl groups excluding tert-OH is 1. The molecule has 0 amide bonds. The average molecular weight is 184 g/mol. The number of hydrogen-bond acceptors (Lipinski definition) is 2. The molecule has 1 atom stereocenters. The average Bonchev–Trinajstić information content (AvgIpc) is 2.09. The molecule has 0 saturated carbocycles. The number of halogens is 1. The minimum Gasteiger partial charge on any atom is -0.491 e. The zero-order valence-electron chi connectivity index (χ0n) is 7.53. The van der Waals surface area contributed by atoms with Crippen LogP contribution < -0.4 is 4.74 Å². The van der Waals surface area contributed by atoms with E-state index in [1.54, 1.807) is 12.1 Å². The van der Waals surface area contributed by atoms with Crippen LogP contribution in [0.2, 0.25) is 0 Å². The Bertz CT molecular complexity index is 246. The van der Waals surface area contributed by atoms with Crippen LogP contribution in [0.1, 0.15) is 13.3 Å². The third kappa shape index (κ3) is 3.42. The minimum atomic E-state index is -0.276. The molecule has 0 radical (unpaired) electrons. The number of hydrogen-bond donors (Lipinski definition) is 1. The SMILES string of the molecule is CC(CCO)Oc1ccc(F)cc1. The predicted molar refractivity (Wildman–Crippen MR) is 48.2 cm³/mol. The Hall–Kier alpha value is -1.09. The van der Waals surface area contributed by atoms with Crippen molar-refractivity contribution in [2.24, 2.45) is 0 Å². The van der Waals surface area contributed by atoms with Crippen LogP contribution in [0.5, 0.6) is 5.75 Å². The summed E-state index contributed by atoms with van der Waals surface area (Å²) in [5, 5.41) is 8.62. The molecular formula is C10H13FO2. The van der Waals surface area contributed by atoms with Gasteiger partial charge >= 0.3 is 0 Å². The Kier molecular flexibility index (Phi) is 3.71. The van der Waals surface area contributed by atoms with Crippen molar-refractivity contribution in [3.8, 4) is 5.75 Å². The van der Waals surface area contributed by atoms with Crippen molar-refractivity contribution < 1.29 is 14.2 Å². The first-order valence-corrected chi connectivity index (χ1v) is 4.25. The maximum absolute atomic E-state index is 12.5. The van der Waals surface area contributed by atoms with Gasteiger partial charge < -0.3 is 9.84 Å². The van der Waals surface area contributed by atoms with E-state index in [4.69, 9.17) is 9.84 Å². The summed E-state index contributed by atoms with van der Waals surface area (Å²) in [6.07, 6.45) is 0.535. The summed E-state index contributed by atoms with van der Waals surface area (Å²) in [5.74, 6) is 0.351. The molecule has 1 aromatic rings. The number of ether oxygens (including phenoxy) is 1. The first kappa shape index (κ1) is 9.99. The second kappa shape index (κ2) is 4.82. The third-order valence-corrected chi connectivity index (χ3v) is 1.69. The first-order valence-electron chi connectivity index (χ1n) is 4.25. The molecule has 1 N–H and O–H groups in total. The molecule has 0 spiro atoms. The molecular weight excluding hydrogens is 171 g/mol. The predicted octanol–water partition coefficient (Wildman–Crippen LogP) is 1.98. The molecule has 13 heavy (non-hydrogen) atoms. The lowest BCUT2D eigenvalue weighted by atomic mass is 10.3. The quantitative estimate of drug-likeness (QED) is 0.775. The Morgan fingerprint density at radius 1 is 1.38 bits per heavy atom. The normalized spacial score (nSPS) is 12.5. The largest absolute Gasteiger partial charge is 0.491 e. The van der Waals surface area contributed by atoms with E-state index in [-0.39, 0.29) is 18.5 Å². The Morgan fingerprint density at radius 3 is 2.54 bits per heavy atom. The number of aliphatic hydroxyl groups is 1. The van der Waals surface area contributed by atoms with Crippen molar-refractivity contribution >= 4 is 0 Å². The lowest BCUT2D eigenvalue weighted by Crippen LogP contribution is -2.13. The molecule has 2 nitrogen and oxygen atoms in total. The fourth-order valence-electron chi connectivity index (χ4n) is 0.986. The van der Waals surface area contributed by atoms with Crippen LogP contribution in [0.25, 0.3) is 0 Å². The van der Waals surface area contributed by atoms with Crippen molar-refractivity contribution in [2.75, 3.05) is 6.61 Å². The highest BCUT2D eigenvalue weighted by Crippen LogP contribution is 2.13. The summed E-state index contributed by atoms with van der Waals surface area (Å²) in [6.45, 7) is 1.96. The fourth-order valence-corrected chi connectivity index (χ4v) is 0.986. The molecule has 0 aliphatic rings. The third-order valence-electron chi connectivity index (χ3n) is 1.69. The maximum atomic E-state index is 12.5. The highest BCUT2D eigenvalue weighted by Gasteiger charge is 2.02. The Labute approximate surface area is 77.0 Å². The van der Waals surface area contributed by atoms with E-state index in [0.29, 0.717) is 12.2 Å². The van der Waals surface area contributed by atoms with Crippen molar-refractivity contribution in [1.82, 2.24) is 0 Å². The smallest absolute Gasteiger partial charge is 0.123 e. The van der Waals surface area contributed by atoms with Crippen LogP contribution in [0, 0.1) is 5.82 Å². The van der Waals surface area contributed by atoms with Crippen LogP contribution in [0.4, 0.5) is 4.39 Å². The molecule has 0 heterocycles. The van der Waals surface area contributed by atoms with Crippen molar-refractivity contribution in [1.29, 1.82) is 0 Å².